The van der Waals surface area contributed by atoms with Crippen molar-refractivity contribution in [3.8, 4) is 11.8 Å². The smallest absolute Gasteiger partial charge is 0.135 e. The summed E-state index contributed by atoms with van der Waals surface area (Å²) in [6.45, 7) is 3.92. The maximum atomic E-state index is 10.0. The molecular weight excluding hydrogens is 262 g/mol. The Morgan fingerprint density at radius 1 is 1.29 bits per heavy atom. The van der Waals surface area contributed by atoms with E-state index in [4.69, 9.17) is 4.74 Å². The first-order valence-electron chi connectivity index (χ1n) is 7.84. The molecule has 4 nitrogen and oxygen atoms in total. The molecule has 1 aromatic carbocycles. The van der Waals surface area contributed by atoms with Crippen molar-refractivity contribution in [2.24, 2.45) is 0 Å². The van der Waals surface area contributed by atoms with E-state index >= 15 is 0 Å². The van der Waals surface area contributed by atoms with Gasteiger partial charge in [-0.3, -0.25) is 4.90 Å². The van der Waals surface area contributed by atoms with Gasteiger partial charge in [-0.25, -0.2) is 0 Å². The van der Waals surface area contributed by atoms with Crippen molar-refractivity contribution in [1.29, 1.82) is 5.26 Å². The van der Waals surface area contributed by atoms with Gasteiger partial charge in [0.15, 0.2) is 0 Å². The number of nitrogens with zero attached hydrogens (tertiary/aromatic N) is 2. The van der Waals surface area contributed by atoms with Crippen LogP contribution in [0.15, 0.2) is 18.2 Å². The Kier molecular flexibility index (Phi) is 4.14. The highest BCUT2D eigenvalue weighted by atomic mass is 16.5. The van der Waals surface area contributed by atoms with E-state index in [0.29, 0.717) is 0 Å². The lowest BCUT2D eigenvalue weighted by atomic mass is 9.76. The summed E-state index contributed by atoms with van der Waals surface area (Å²) in [5, 5.41) is 13.5. The summed E-state index contributed by atoms with van der Waals surface area (Å²) in [5.74, 6) is 0.850. The Labute approximate surface area is 126 Å². The van der Waals surface area contributed by atoms with Gasteiger partial charge in [-0.15, -0.1) is 0 Å². The van der Waals surface area contributed by atoms with Gasteiger partial charge in [-0.2, -0.15) is 5.26 Å². The van der Waals surface area contributed by atoms with Gasteiger partial charge in [0.25, 0.3) is 0 Å². The molecule has 0 bridgehead atoms. The Hall–Kier alpha value is -1.57. The maximum Gasteiger partial charge on any atom is 0.135 e. The Balaban J connectivity index is 2.05. The number of rotatable bonds is 2. The second-order valence-electron chi connectivity index (χ2n) is 5.94. The van der Waals surface area contributed by atoms with Gasteiger partial charge in [-0.1, -0.05) is 6.07 Å². The molecule has 0 saturated carbocycles. The van der Waals surface area contributed by atoms with Crippen molar-refractivity contribution in [1.82, 2.24) is 10.2 Å². The van der Waals surface area contributed by atoms with E-state index < -0.39 is 5.54 Å². The lowest BCUT2D eigenvalue weighted by Crippen LogP contribution is -2.48. The number of methoxy groups -OCH3 is 1. The van der Waals surface area contributed by atoms with Crippen LogP contribution in [-0.2, 0) is 12.0 Å². The largest absolute Gasteiger partial charge is 0.497 e. The predicted octanol–water partition coefficient (Wildman–Crippen LogP) is 2.05. The van der Waals surface area contributed by atoms with Crippen LogP contribution in [0.2, 0.25) is 0 Å². The van der Waals surface area contributed by atoms with Crippen molar-refractivity contribution in [2.75, 3.05) is 33.3 Å². The zero-order valence-corrected chi connectivity index (χ0v) is 12.7. The number of nitriles is 1. The molecule has 1 aromatic rings. The molecule has 1 unspecified atom stereocenters. The zero-order valence-electron chi connectivity index (χ0n) is 12.7. The number of nitrogens with one attached hydrogen (secondary N) is 1. The van der Waals surface area contributed by atoms with Crippen LogP contribution in [0.3, 0.4) is 0 Å². The highest BCUT2D eigenvalue weighted by Gasteiger charge is 2.42. The molecule has 0 amide bonds. The van der Waals surface area contributed by atoms with Crippen molar-refractivity contribution in [2.45, 2.75) is 31.2 Å². The molecule has 112 valence electrons. The average molecular weight is 285 g/mol. The standard InChI is InChI=1S/C17H23N3O/c1-21-15-6-5-14-4-2-7-17(13-18,16(14)12-15)20-10-3-8-19-9-11-20/h5-6,12,19H,2-4,7-11H2,1H3. The minimum atomic E-state index is -0.478. The third-order valence-electron chi connectivity index (χ3n) is 4.81. The summed E-state index contributed by atoms with van der Waals surface area (Å²) in [6.07, 6.45) is 4.16. The third-order valence-corrected chi connectivity index (χ3v) is 4.81. The molecule has 1 N–H and O–H groups in total. The fraction of sp³-hybridized carbons (Fsp3) is 0.588. The number of fused-ring (bicyclic) bond motifs is 1. The molecule has 0 aromatic heterocycles. The summed E-state index contributed by atoms with van der Waals surface area (Å²) in [4.78, 5) is 2.38. The van der Waals surface area contributed by atoms with Crippen molar-refractivity contribution >= 4 is 0 Å². The molecule has 1 saturated heterocycles. The molecule has 3 rings (SSSR count). The average Bonchev–Trinajstić information content (AvgIpc) is 2.83. The van der Waals surface area contributed by atoms with Crippen LogP contribution in [0.5, 0.6) is 5.75 Å². The molecular formula is C17H23N3O. The Morgan fingerprint density at radius 3 is 3.00 bits per heavy atom. The van der Waals surface area contributed by atoms with Gasteiger partial charge in [0, 0.05) is 19.6 Å². The first-order chi connectivity index (χ1) is 10.3. The quantitative estimate of drug-likeness (QED) is 0.903. The number of hydrogen-bond donors (Lipinski definition) is 1. The second-order valence-corrected chi connectivity index (χ2v) is 5.94. The first kappa shape index (κ1) is 14.4. The molecule has 1 fully saturated rings. The second kappa shape index (κ2) is 6.05. The normalized spacial score (nSPS) is 26.5. The molecule has 4 heteroatoms. The SMILES string of the molecule is COc1ccc2c(c1)C(C#N)(N1CCCNCC1)CCC2. The summed E-state index contributed by atoms with van der Waals surface area (Å²) >= 11 is 0. The summed E-state index contributed by atoms with van der Waals surface area (Å²) < 4.78 is 5.39. The van der Waals surface area contributed by atoms with Gasteiger partial charge in [0.2, 0.25) is 0 Å². The van der Waals surface area contributed by atoms with Crippen molar-refractivity contribution < 1.29 is 4.74 Å². The van der Waals surface area contributed by atoms with Crippen LogP contribution >= 0.6 is 0 Å². The number of aryl methyl sites for hydroxylation is 1. The third kappa shape index (κ3) is 2.52. The van der Waals surface area contributed by atoms with Crippen molar-refractivity contribution in [3.63, 3.8) is 0 Å². The fourth-order valence-corrected chi connectivity index (χ4v) is 3.70. The molecule has 1 aliphatic heterocycles. The van der Waals surface area contributed by atoms with E-state index in [1.54, 1.807) is 7.11 Å². The van der Waals surface area contributed by atoms with Gasteiger partial charge < -0.3 is 10.1 Å². The Bertz CT molecular complexity index is 543. The number of hydrogen-bond acceptors (Lipinski definition) is 4. The number of benzene rings is 1. The van der Waals surface area contributed by atoms with Crippen LogP contribution in [0.25, 0.3) is 0 Å². The zero-order chi connectivity index (χ0) is 14.7. The van der Waals surface area contributed by atoms with E-state index in [0.717, 1.165) is 63.2 Å². The highest BCUT2D eigenvalue weighted by molar-refractivity contribution is 5.45. The minimum absolute atomic E-state index is 0.478. The molecule has 1 aliphatic carbocycles. The van der Waals surface area contributed by atoms with E-state index in [1.807, 2.05) is 6.07 Å². The van der Waals surface area contributed by atoms with Crippen LogP contribution < -0.4 is 10.1 Å². The molecule has 0 spiro atoms. The lowest BCUT2D eigenvalue weighted by Gasteiger charge is -2.42. The predicted molar refractivity (Wildman–Crippen MR) is 82.3 cm³/mol. The fourth-order valence-electron chi connectivity index (χ4n) is 3.70. The molecule has 1 heterocycles. The van der Waals surface area contributed by atoms with Gasteiger partial charge >= 0.3 is 0 Å². The summed E-state index contributed by atoms with van der Waals surface area (Å²) in [7, 11) is 1.69. The molecule has 21 heavy (non-hydrogen) atoms. The molecule has 2 aliphatic rings. The van der Waals surface area contributed by atoms with E-state index in [2.05, 4.69) is 28.4 Å². The van der Waals surface area contributed by atoms with Gasteiger partial charge in [0.05, 0.1) is 13.2 Å². The lowest BCUT2D eigenvalue weighted by molar-refractivity contribution is 0.126. The first-order valence-corrected chi connectivity index (χ1v) is 7.84. The van der Waals surface area contributed by atoms with E-state index in [-0.39, 0.29) is 0 Å². The van der Waals surface area contributed by atoms with Gasteiger partial charge in [0.1, 0.15) is 11.3 Å². The van der Waals surface area contributed by atoms with Gasteiger partial charge in [-0.05, 0) is 55.5 Å². The number of ether oxygens (including phenoxy) is 1. The van der Waals surface area contributed by atoms with Crippen LogP contribution in [0.4, 0.5) is 0 Å². The van der Waals surface area contributed by atoms with E-state index in [9.17, 15) is 5.26 Å². The van der Waals surface area contributed by atoms with E-state index in [1.165, 1.54) is 5.56 Å². The van der Waals surface area contributed by atoms with Crippen LogP contribution in [0, 0.1) is 11.3 Å². The Morgan fingerprint density at radius 2 is 2.19 bits per heavy atom. The summed E-state index contributed by atoms with van der Waals surface area (Å²) in [6, 6.07) is 8.89. The maximum absolute atomic E-state index is 10.0. The monoisotopic (exact) mass is 285 g/mol. The summed E-state index contributed by atoms with van der Waals surface area (Å²) in [5.41, 5.74) is 1.99. The minimum Gasteiger partial charge on any atom is -0.497 e. The topological polar surface area (TPSA) is 48.3 Å². The highest BCUT2D eigenvalue weighted by Crippen LogP contribution is 2.41. The van der Waals surface area contributed by atoms with Crippen molar-refractivity contribution in [3.05, 3.63) is 29.3 Å². The van der Waals surface area contributed by atoms with Crippen LogP contribution in [-0.4, -0.2) is 38.2 Å². The van der Waals surface area contributed by atoms with Crippen LogP contribution in [0.1, 0.15) is 30.4 Å². The molecule has 0 radical (unpaired) electrons. The molecule has 1 atom stereocenters.